The molecule has 0 aliphatic carbocycles. The van der Waals surface area contributed by atoms with Crippen LogP contribution in [0, 0.1) is 11.8 Å². The summed E-state index contributed by atoms with van der Waals surface area (Å²) in [5.41, 5.74) is 2.30. The fourth-order valence-corrected chi connectivity index (χ4v) is 3.65. The normalized spacial score (nSPS) is 13.6. The number of carbonyl (C=O) groups excluding carboxylic acids is 3. The van der Waals surface area contributed by atoms with Gasteiger partial charge >= 0.3 is 0 Å². The molecule has 0 saturated heterocycles. The molecule has 0 saturated carbocycles. The van der Waals surface area contributed by atoms with Gasteiger partial charge in [0, 0.05) is 6.42 Å². The van der Waals surface area contributed by atoms with Gasteiger partial charge in [0.25, 0.3) is 5.91 Å². The highest BCUT2D eigenvalue weighted by molar-refractivity contribution is 6.32. The van der Waals surface area contributed by atoms with Gasteiger partial charge in [-0.1, -0.05) is 32.4 Å². The van der Waals surface area contributed by atoms with Crippen LogP contribution in [-0.4, -0.2) is 41.5 Å². The lowest BCUT2D eigenvalue weighted by molar-refractivity contribution is -0.136. The van der Waals surface area contributed by atoms with Crippen LogP contribution in [0.25, 0.3) is 0 Å². The highest BCUT2D eigenvalue weighted by Gasteiger charge is 2.34. The van der Waals surface area contributed by atoms with E-state index in [2.05, 4.69) is 10.6 Å². The van der Waals surface area contributed by atoms with Gasteiger partial charge in [-0.15, -0.1) is 11.6 Å². The van der Waals surface area contributed by atoms with Crippen molar-refractivity contribution in [1.29, 1.82) is 0 Å². The molecule has 3 amide bonds. The second-order valence-electron chi connectivity index (χ2n) is 8.37. The van der Waals surface area contributed by atoms with Gasteiger partial charge in [-0.05, 0) is 42.2 Å². The quantitative estimate of drug-likeness (QED) is 0.193. The minimum Gasteiger partial charge on any atom is -0.497 e. The van der Waals surface area contributed by atoms with Crippen molar-refractivity contribution >= 4 is 29.3 Å². The van der Waals surface area contributed by atoms with Crippen molar-refractivity contribution in [2.45, 2.75) is 51.1 Å². The minimum absolute atomic E-state index is 0.155. The number of benzene rings is 1. The molecule has 0 aliphatic heterocycles. The topological polar surface area (TPSA) is 130 Å². The van der Waals surface area contributed by atoms with E-state index in [-0.39, 0.29) is 18.9 Å². The molecule has 34 heavy (non-hydrogen) atoms. The standard InChI is InChI=1S/C24H32ClN3O6/c1-15(2)6-11-19(21(25)24(31)28-32)22(29)27-20(13-16-7-9-17(33-3)10-8-16)23(30)26-14-18-5-4-12-34-18/h4-5,7-10,12,15,19-21,32H,6,11,13-14H2,1-3H3,(H,26,30)(H,27,29)(H,28,31)/t19-,20+,21-/m1/s1. The number of methoxy groups -OCH3 is 1. The van der Waals surface area contributed by atoms with E-state index < -0.39 is 35.1 Å². The number of hydrogen-bond acceptors (Lipinski definition) is 6. The van der Waals surface area contributed by atoms with Gasteiger partial charge in [-0.25, -0.2) is 5.48 Å². The predicted molar refractivity (Wildman–Crippen MR) is 126 cm³/mol. The summed E-state index contributed by atoms with van der Waals surface area (Å²) < 4.78 is 10.4. The van der Waals surface area contributed by atoms with Crippen LogP contribution in [0.5, 0.6) is 5.75 Å². The zero-order valence-corrected chi connectivity index (χ0v) is 20.3. The molecule has 0 fully saturated rings. The molecule has 0 aliphatic rings. The van der Waals surface area contributed by atoms with Crippen molar-refractivity contribution in [2.75, 3.05) is 7.11 Å². The maximum Gasteiger partial charge on any atom is 0.262 e. The zero-order chi connectivity index (χ0) is 25.1. The molecule has 1 aromatic carbocycles. The number of hydrogen-bond donors (Lipinski definition) is 4. The van der Waals surface area contributed by atoms with E-state index in [0.29, 0.717) is 24.4 Å². The lowest BCUT2D eigenvalue weighted by Crippen LogP contribution is -2.51. The molecule has 1 aromatic heterocycles. The largest absolute Gasteiger partial charge is 0.497 e. The third-order valence-corrected chi connectivity index (χ3v) is 5.86. The Bertz CT molecular complexity index is 917. The van der Waals surface area contributed by atoms with E-state index in [1.165, 1.54) is 11.7 Å². The molecular formula is C24H32ClN3O6. The van der Waals surface area contributed by atoms with Gasteiger partial charge in [0.15, 0.2) is 0 Å². The van der Waals surface area contributed by atoms with E-state index in [4.69, 9.17) is 26.0 Å². The Hall–Kier alpha value is -3.04. The van der Waals surface area contributed by atoms with Crippen LogP contribution in [0.1, 0.15) is 38.0 Å². The third kappa shape index (κ3) is 8.39. The van der Waals surface area contributed by atoms with Crippen LogP contribution in [0.15, 0.2) is 47.1 Å². The van der Waals surface area contributed by atoms with Gasteiger partial charge in [0.1, 0.15) is 22.9 Å². The number of nitrogens with one attached hydrogen (secondary N) is 3. The van der Waals surface area contributed by atoms with Gasteiger partial charge in [-0.2, -0.15) is 0 Å². The number of amides is 3. The van der Waals surface area contributed by atoms with Crippen LogP contribution >= 0.6 is 11.6 Å². The minimum atomic E-state index is -1.29. The van der Waals surface area contributed by atoms with Crippen molar-refractivity contribution in [3.8, 4) is 5.75 Å². The van der Waals surface area contributed by atoms with Crippen LogP contribution in [0.2, 0.25) is 0 Å². The molecule has 1 heterocycles. The molecular weight excluding hydrogens is 462 g/mol. The summed E-state index contributed by atoms with van der Waals surface area (Å²) in [5.74, 6) is -1.27. The van der Waals surface area contributed by atoms with Crippen molar-refractivity contribution < 1.29 is 28.7 Å². The smallest absolute Gasteiger partial charge is 0.262 e. The fraction of sp³-hybridized carbons (Fsp3) is 0.458. The lowest BCUT2D eigenvalue weighted by Gasteiger charge is -2.25. The highest BCUT2D eigenvalue weighted by atomic mass is 35.5. The van der Waals surface area contributed by atoms with E-state index >= 15 is 0 Å². The Labute approximate surface area is 204 Å². The van der Waals surface area contributed by atoms with Crippen molar-refractivity contribution in [3.63, 3.8) is 0 Å². The molecule has 0 unspecified atom stereocenters. The summed E-state index contributed by atoms with van der Waals surface area (Å²) >= 11 is 6.20. The Kier molecular flexibility index (Phi) is 10.9. The molecule has 0 bridgehead atoms. The third-order valence-electron chi connectivity index (χ3n) is 5.35. The first-order valence-electron chi connectivity index (χ1n) is 11.1. The lowest BCUT2D eigenvalue weighted by atomic mass is 9.93. The summed E-state index contributed by atoms with van der Waals surface area (Å²) in [6.45, 7) is 4.13. The second kappa shape index (κ2) is 13.6. The number of carbonyl (C=O) groups is 3. The maximum absolute atomic E-state index is 13.2. The van der Waals surface area contributed by atoms with Gasteiger partial charge in [0.2, 0.25) is 11.8 Å². The number of furan rings is 1. The molecule has 10 heteroatoms. The van der Waals surface area contributed by atoms with Gasteiger partial charge in [-0.3, -0.25) is 19.6 Å². The average molecular weight is 494 g/mol. The number of rotatable bonds is 13. The molecule has 0 spiro atoms. The molecule has 0 radical (unpaired) electrons. The first kappa shape index (κ1) is 27.2. The molecule has 2 aromatic rings. The first-order valence-corrected chi connectivity index (χ1v) is 11.5. The Morgan fingerprint density at radius 2 is 1.76 bits per heavy atom. The van der Waals surface area contributed by atoms with E-state index in [1.54, 1.807) is 43.5 Å². The van der Waals surface area contributed by atoms with E-state index in [1.807, 2.05) is 13.8 Å². The molecule has 3 atom stereocenters. The van der Waals surface area contributed by atoms with Crippen LogP contribution < -0.4 is 20.9 Å². The summed E-state index contributed by atoms with van der Waals surface area (Å²) in [5, 5.41) is 13.2. The number of hydroxylamine groups is 1. The second-order valence-corrected chi connectivity index (χ2v) is 8.84. The molecule has 2 rings (SSSR count). The first-order chi connectivity index (χ1) is 16.2. The molecule has 9 nitrogen and oxygen atoms in total. The summed E-state index contributed by atoms with van der Waals surface area (Å²) in [6, 6.07) is 9.64. The van der Waals surface area contributed by atoms with Crippen LogP contribution in [0.4, 0.5) is 0 Å². The predicted octanol–water partition coefficient (Wildman–Crippen LogP) is 2.80. The fourth-order valence-electron chi connectivity index (χ4n) is 3.36. The van der Waals surface area contributed by atoms with Gasteiger partial charge < -0.3 is 19.8 Å². The summed E-state index contributed by atoms with van der Waals surface area (Å²) in [7, 11) is 1.56. The average Bonchev–Trinajstić information content (AvgIpc) is 3.35. The van der Waals surface area contributed by atoms with Crippen molar-refractivity contribution in [3.05, 3.63) is 54.0 Å². The SMILES string of the molecule is COc1ccc(C[C@H](NC(=O)[C@H](CCC(C)C)[C@@H](Cl)C(=O)NO)C(=O)NCc2ccco2)cc1. The van der Waals surface area contributed by atoms with E-state index in [0.717, 1.165) is 5.56 Å². The molecule has 4 N–H and O–H groups in total. The number of alkyl halides is 1. The zero-order valence-electron chi connectivity index (χ0n) is 19.5. The number of halogens is 1. The van der Waals surface area contributed by atoms with E-state index in [9.17, 15) is 14.4 Å². The Balaban J connectivity index is 2.20. The van der Waals surface area contributed by atoms with Crippen molar-refractivity contribution in [2.24, 2.45) is 11.8 Å². The van der Waals surface area contributed by atoms with Crippen molar-refractivity contribution in [1.82, 2.24) is 16.1 Å². The molecule has 186 valence electrons. The maximum atomic E-state index is 13.2. The summed E-state index contributed by atoms with van der Waals surface area (Å²) in [6.07, 6.45) is 2.65. The monoisotopic (exact) mass is 493 g/mol. The number of ether oxygens (including phenoxy) is 1. The van der Waals surface area contributed by atoms with Gasteiger partial charge in [0.05, 0.1) is 25.8 Å². The van der Waals surface area contributed by atoms with Crippen LogP contribution in [0.3, 0.4) is 0 Å². The Morgan fingerprint density at radius 1 is 1.06 bits per heavy atom. The Morgan fingerprint density at radius 3 is 2.32 bits per heavy atom. The highest BCUT2D eigenvalue weighted by Crippen LogP contribution is 2.21. The van der Waals surface area contributed by atoms with Crippen LogP contribution in [-0.2, 0) is 27.3 Å². The summed E-state index contributed by atoms with van der Waals surface area (Å²) in [4.78, 5) is 38.1.